The molecule has 1 atom stereocenters. The van der Waals surface area contributed by atoms with Crippen LogP contribution in [0.1, 0.15) is 44.4 Å². The van der Waals surface area contributed by atoms with Gasteiger partial charge < -0.3 is 79.9 Å². The summed E-state index contributed by atoms with van der Waals surface area (Å²) in [5.41, 5.74) is 6.13. The molecule has 0 fully saturated rings. The minimum atomic E-state index is -3.62. The van der Waals surface area contributed by atoms with E-state index in [4.69, 9.17) is 42.6 Å². The number of rotatable bonds is 13. The van der Waals surface area contributed by atoms with E-state index in [1.54, 1.807) is 64.0 Å². The normalized spacial score (nSPS) is 14.7. The van der Waals surface area contributed by atoms with Crippen molar-refractivity contribution in [2.24, 2.45) is 0 Å². The predicted octanol–water partition coefficient (Wildman–Crippen LogP) is -2.97. The number of hydrogen-bond acceptors (Lipinski definition) is 9. The Hall–Kier alpha value is -2.86. The van der Waals surface area contributed by atoms with Crippen molar-refractivity contribution in [2.75, 3.05) is 64.0 Å². The van der Waals surface area contributed by atoms with Gasteiger partial charge in [0.2, 0.25) is 17.2 Å². The van der Waals surface area contributed by atoms with Gasteiger partial charge >= 0.3 is 21.7 Å². The van der Waals surface area contributed by atoms with Crippen LogP contribution in [0.2, 0.25) is 5.04 Å². The topological polar surface area (TPSA) is 83.1 Å². The summed E-state index contributed by atoms with van der Waals surface area (Å²) in [5, 5.41) is 2.32. The molecule has 3 aromatic rings. The summed E-state index contributed by atoms with van der Waals surface area (Å²) >= 11 is 0. The van der Waals surface area contributed by atoms with Crippen LogP contribution in [0, 0.1) is 26.8 Å². The first-order chi connectivity index (χ1) is 23.3. The maximum absolute atomic E-state index is 6.14. The van der Waals surface area contributed by atoms with E-state index in [1.807, 2.05) is 0 Å². The first-order valence-corrected chi connectivity index (χ1v) is 18.0. The summed E-state index contributed by atoms with van der Waals surface area (Å²) in [5.74, 6) is 4.85. The van der Waals surface area contributed by atoms with Crippen LogP contribution >= 0.6 is 0 Å². The van der Waals surface area contributed by atoms with Crippen LogP contribution in [0.25, 0.3) is 0 Å². The molecule has 0 N–H and O–H groups in total. The Labute approximate surface area is 350 Å². The average molecular weight is 846 g/mol. The van der Waals surface area contributed by atoms with Crippen molar-refractivity contribution in [3.8, 4) is 51.7 Å². The van der Waals surface area contributed by atoms with E-state index in [2.05, 4.69) is 72.7 Å². The first-order valence-electron chi connectivity index (χ1n) is 16.0. The second-order valence-corrected chi connectivity index (χ2v) is 16.4. The standard InChI is InChI=1S/C39H51O9Si.3ClH.Ti/c1-21-20-39(7,26(6)22(21)2)49(30-17-27(40-8)36(46-14)33(43-11)23(30)3,31-18-28(41-9)37(47-15)34(44-12)24(31)4)32-19-29(42-10)38(48-16)35(45-13)25(32)5;;;;/h17-19H,1-16H3;3*1H;/q-1;;;;+4/p-3. The van der Waals surface area contributed by atoms with Gasteiger partial charge in [0.05, 0.1) is 64.0 Å². The molecule has 3 aromatic carbocycles. The molecule has 53 heavy (non-hydrogen) atoms. The zero-order valence-corrected chi connectivity index (χ0v) is 38.4. The third-order valence-corrected chi connectivity index (χ3v) is 16.5. The summed E-state index contributed by atoms with van der Waals surface area (Å²) in [4.78, 5) is 0. The van der Waals surface area contributed by atoms with Crippen LogP contribution in [0.4, 0.5) is 0 Å². The van der Waals surface area contributed by atoms with Crippen molar-refractivity contribution < 1.29 is 102 Å². The fourth-order valence-electron chi connectivity index (χ4n) is 7.91. The minimum Gasteiger partial charge on any atom is -1.00 e. The van der Waals surface area contributed by atoms with E-state index in [0.29, 0.717) is 51.7 Å². The molecular formula is C39H51Cl3O9SiTi. The van der Waals surface area contributed by atoms with Crippen LogP contribution < -0.4 is 95.4 Å². The van der Waals surface area contributed by atoms with E-state index in [-0.39, 0.29) is 58.9 Å². The van der Waals surface area contributed by atoms with Crippen LogP contribution in [0.15, 0.2) is 34.9 Å². The van der Waals surface area contributed by atoms with E-state index in [1.165, 1.54) is 11.1 Å². The van der Waals surface area contributed by atoms with Crippen LogP contribution in [0.5, 0.6) is 51.7 Å². The number of methoxy groups -OCH3 is 9. The molecule has 0 saturated carbocycles. The quantitative estimate of drug-likeness (QED) is 0.102. The molecule has 0 saturated heterocycles. The van der Waals surface area contributed by atoms with Gasteiger partial charge in [-0.3, -0.25) is 6.08 Å². The molecule has 1 aliphatic carbocycles. The van der Waals surface area contributed by atoms with Crippen molar-refractivity contribution >= 4 is 23.6 Å². The Morgan fingerprint density at radius 2 is 0.717 bits per heavy atom. The fraction of sp³-hybridized carbons (Fsp3) is 0.436. The molecule has 1 unspecified atom stereocenters. The number of halogens is 3. The molecule has 0 heterocycles. The third-order valence-electron chi connectivity index (χ3n) is 10.5. The molecular weight excluding hydrogens is 795 g/mol. The van der Waals surface area contributed by atoms with Gasteiger partial charge in [-0.25, -0.2) is 5.57 Å². The molecule has 9 nitrogen and oxygen atoms in total. The smallest absolute Gasteiger partial charge is 1.00 e. The molecule has 14 heteroatoms. The number of benzene rings is 3. The molecule has 0 amide bonds. The Balaban J connectivity index is 0.00000676. The minimum absolute atomic E-state index is 0. The molecule has 0 radical (unpaired) electrons. The van der Waals surface area contributed by atoms with E-state index >= 15 is 0 Å². The van der Waals surface area contributed by atoms with Crippen molar-refractivity contribution in [3.05, 3.63) is 57.7 Å². The summed E-state index contributed by atoms with van der Waals surface area (Å²) in [6.45, 7) is 15.0. The van der Waals surface area contributed by atoms with Gasteiger partial charge in [0, 0.05) is 0 Å². The molecule has 4 rings (SSSR count). The average Bonchev–Trinajstić information content (AvgIpc) is 3.31. The van der Waals surface area contributed by atoms with Gasteiger partial charge in [0.25, 0.3) is 0 Å². The van der Waals surface area contributed by atoms with Crippen LogP contribution in [-0.2, 0) is 21.7 Å². The molecule has 1 aliphatic rings. The van der Waals surface area contributed by atoms with Crippen molar-refractivity contribution in [3.63, 3.8) is 0 Å². The molecule has 0 bridgehead atoms. The zero-order valence-electron chi connectivity index (χ0n) is 33.5. The molecule has 0 aromatic heterocycles. The fourth-order valence-corrected chi connectivity index (χ4v) is 14.6. The van der Waals surface area contributed by atoms with Crippen molar-refractivity contribution in [1.29, 1.82) is 0 Å². The van der Waals surface area contributed by atoms with Gasteiger partial charge in [0.15, 0.2) is 34.5 Å². The van der Waals surface area contributed by atoms with Crippen molar-refractivity contribution in [1.82, 2.24) is 0 Å². The number of allylic oxidation sites excluding steroid dienone is 4. The van der Waals surface area contributed by atoms with E-state index < -0.39 is 13.1 Å². The predicted molar refractivity (Wildman–Crippen MR) is 196 cm³/mol. The Bertz CT molecular complexity index is 1680. The second-order valence-electron chi connectivity index (χ2n) is 12.3. The zero-order chi connectivity index (χ0) is 36.6. The van der Waals surface area contributed by atoms with Gasteiger partial charge in [0.1, 0.15) is 8.07 Å². The third kappa shape index (κ3) is 7.44. The van der Waals surface area contributed by atoms with Crippen LogP contribution in [0.3, 0.4) is 0 Å². The summed E-state index contributed by atoms with van der Waals surface area (Å²) < 4.78 is 54.3. The van der Waals surface area contributed by atoms with Gasteiger partial charge in [-0.05, 0) is 71.2 Å². The first kappa shape index (κ1) is 50.1. The number of hydrogen-bond donors (Lipinski definition) is 0. The van der Waals surface area contributed by atoms with Gasteiger partial charge in [-0.2, -0.15) is 11.1 Å². The van der Waals surface area contributed by atoms with Gasteiger partial charge in [-0.1, -0.05) is 25.8 Å². The Morgan fingerprint density at radius 3 is 0.906 bits per heavy atom. The SMILES string of the molecule is COc1cc([Si](c2cc(OC)c(OC)c(OC)c2C)(c2cc(OC)c(OC)c(OC)c2C)C2(C)[C-]=C(C)C(C)=C2C)c(C)c(OC)c1OC.[Cl-].[Cl-].[Cl-].[Ti+4]. The number of ether oxygens (including phenoxy) is 9. The van der Waals surface area contributed by atoms with E-state index in [9.17, 15) is 0 Å². The molecule has 0 spiro atoms. The van der Waals surface area contributed by atoms with Crippen LogP contribution in [-0.4, -0.2) is 72.1 Å². The van der Waals surface area contributed by atoms with E-state index in [0.717, 1.165) is 37.8 Å². The Kier molecular flexibility index (Phi) is 18.6. The largest absolute Gasteiger partial charge is 4.00 e. The second kappa shape index (κ2) is 19.6. The molecule has 0 aliphatic heterocycles. The Morgan fingerprint density at radius 1 is 0.453 bits per heavy atom. The maximum Gasteiger partial charge on any atom is 4.00 e. The summed E-state index contributed by atoms with van der Waals surface area (Å²) in [6.07, 6.45) is 4.02. The summed E-state index contributed by atoms with van der Waals surface area (Å²) in [6, 6.07) is 6.28. The summed E-state index contributed by atoms with van der Waals surface area (Å²) in [7, 11) is 11.1. The molecule has 290 valence electrons. The van der Waals surface area contributed by atoms with Gasteiger partial charge in [-0.15, -0.1) is 6.92 Å². The monoisotopic (exact) mass is 844 g/mol. The maximum atomic E-state index is 6.14. The van der Waals surface area contributed by atoms with Crippen molar-refractivity contribution in [2.45, 2.75) is 53.5 Å².